The van der Waals surface area contributed by atoms with Gasteiger partial charge in [-0.25, -0.2) is 0 Å². The van der Waals surface area contributed by atoms with E-state index < -0.39 is 0 Å². The lowest BCUT2D eigenvalue weighted by Crippen LogP contribution is -2.38. The van der Waals surface area contributed by atoms with E-state index in [2.05, 4.69) is 27.7 Å². The molecule has 15 heavy (non-hydrogen) atoms. The first-order valence-corrected chi connectivity index (χ1v) is 7.09. The quantitative estimate of drug-likeness (QED) is 0.606. The Morgan fingerprint density at radius 3 is 2.67 bits per heavy atom. The number of rotatable bonds is 2. The van der Waals surface area contributed by atoms with Crippen molar-refractivity contribution in [3.8, 4) is 0 Å². The molecule has 0 aromatic rings. The fourth-order valence-corrected chi connectivity index (χ4v) is 4.82. The zero-order chi connectivity index (χ0) is 11.1. The van der Waals surface area contributed by atoms with Crippen LogP contribution in [0.15, 0.2) is 0 Å². The lowest BCUT2D eigenvalue weighted by molar-refractivity contribution is 0.0362. The molecule has 0 nitrogen and oxygen atoms in total. The minimum atomic E-state index is 0.701. The Bertz CT molecular complexity index is 220. The van der Waals surface area contributed by atoms with Crippen LogP contribution in [0.2, 0.25) is 0 Å². The summed E-state index contributed by atoms with van der Waals surface area (Å²) in [6, 6.07) is 0. The summed E-state index contributed by atoms with van der Waals surface area (Å²) in [4.78, 5) is 0. The topological polar surface area (TPSA) is 0 Å². The van der Waals surface area contributed by atoms with Crippen LogP contribution in [0.3, 0.4) is 0 Å². The van der Waals surface area contributed by atoms with Crippen LogP contribution in [0.5, 0.6) is 0 Å². The summed E-state index contributed by atoms with van der Waals surface area (Å²) in [6.45, 7) is 9.96. The molecule has 2 fully saturated rings. The minimum absolute atomic E-state index is 0.701. The van der Waals surface area contributed by atoms with Crippen molar-refractivity contribution in [2.75, 3.05) is 0 Å². The molecule has 0 aromatic heterocycles. The summed E-state index contributed by atoms with van der Waals surface area (Å²) in [6.07, 6.45) is 8.90. The molecule has 0 spiro atoms. The first-order chi connectivity index (χ1) is 7.09. The minimum Gasteiger partial charge on any atom is -0.0651 e. The molecule has 0 radical (unpaired) electrons. The lowest BCUT2D eigenvalue weighted by Gasteiger charge is -2.46. The Hall–Kier alpha value is 0. The molecule has 5 atom stereocenters. The van der Waals surface area contributed by atoms with E-state index in [1.807, 2.05) is 0 Å². The summed E-state index contributed by atoms with van der Waals surface area (Å²) >= 11 is 0. The third kappa shape index (κ3) is 1.74. The van der Waals surface area contributed by atoms with Crippen molar-refractivity contribution in [3.05, 3.63) is 0 Å². The Morgan fingerprint density at radius 1 is 1.27 bits per heavy atom. The van der Waals surface area contributed by atoms with Gasteiger partial charge in [0.05, 0.1) is 0 Å². The summed E-state index contributed by atoms with van der Waals surface area (Å²) in [5, 5.41) is 0. The zero-order valence-electron chi connectivity index (χ0n) is 11.1. The van der Waals surface area contributed by atoms with Crippen LogP contribution in [0, 0.1) is 29.1 Å². The molecule has 0 aromatic carbocycles. The third-order valence-corrected chi connectivity index (χ3v) is 5.88. The molecular formula is C15H28. The van der Waals surface area contributed by atoms with E-state index in [-0.39, 0.29) is 0 Å². The van der Waals surface area contributed by atoms with E-state index >= 15 is 0 Å². The molecule has 2 unspecified atom stereocenters. The van der Waals surface area contributed by atoms with E-state index in [0.29, 0.717) is 5.41 Å². The predicted octanol–water partition coefficient (Wildman–Crippen LogP) is 4.89. The van der Waals surface area contributed by atoms with Crippen molar-refractivity contribution >= 4 is 0 Å². The van der Waals surface area contributed by atoms with Gasteiger partial charge in [-0.05, 0) is 48.3 Å². The second-order valence-corrected chi connectivity index (χ2v) is 6.55. The molecule has 0 aliphatic heterocycles. The first-order valence-electron chi connectivity index (χ1n) is 7.09. The van der Waals surface area contributed by atoms with Gasteiger partial charge in [-0.3, -0.25) is 0 Å². The van der Waals surface area contributed by atoms with Crippen molar-refractivity contribution in [1.29, 1.82) is 0 Å². The Balaban J connectivity index is 2.17. The van der Waals surface area contributed by atoms with Crippen LogP contribution < -0.4 is 0 Å². The van der Waals surface area contributed by atoms with Crippen molar-refractivity contribution < 1.29 is 0 Å². The molecule has 2 saturated carbocycles. The van der Waals surface area contributed by atoms with E-state index in [1.54, 1.807) is 0 Å². The van der Waals surface area contributed by atoms with E-state index in [1.165, 1.54) is 38.5 Å². The standard InChI is InChI=1S/C15H28/c1-5-11(2)13-8-9-14-12(3)7-6-10-15(13,14)4/h11-14H,5-10H2,1-4H3/t11-,12?,13?,14+,15-/m1/s1. The largest absolute Gasteiger partial charge is 0.0651 e. The first kappa shape index (κ1) is 11.5. The van der Waals surface area contributed by atoms with Crippen molar-refractivity contribution in [1.82, 2.24) is 0 Å². The maximum absolute atomic E-state index is 2.61. The molecule has 2 aliphatic carbocycles. The van der Waals surface area contributed by atoms with Gasteiger partial charge in [0.25, 0.3) is 0 Å². The highest BCUT2D eigenvalue weighted by molar-refractivity contribution is 5.00. The smallest absolute Gasteiger partial charge is 0.0264 e. The predicted molar refractivity (Wildman–Crippen MR) is 66.8 cm³/mol. The van der Waals surface area contributed by atoms with E-state index in [0.717, 1.165) is 23.7 Å². The fraction of sp³-hybridized carbons (Fsp3) is 1.00. The maximum atomic E-state index is 2.61. The van der Waals surface area contributed by atoms with Gasteiger partial charge in [0.2, 0.25) is 0 Å². The Kier molecular flexibility index (Phi) is 3.14. The Labute approximate surface area is 95.8 Å². The van der Waals surface area contributed by atoms with Crippen LogP contribution in [0.1, 0.15) is 66.2 Å². The molecule has 0 saturated heterocycles. The SMILES string of the molecule is CC[C@@H](C)C1CC[C@H]2C(C)CCC[C@]12C. The van der Waals surface area contributed by atoms with E-state index in [9.17, 15) is 0 Å². The number of hydrogen-bond acceptors (Lipinski definition) is 0. The van der Waals surface area contributed by atoms with Gasteiger partial charge in [-0.15, -0.1) is 0 Å². The highest BCUT2D eigenvalue weighted by Crippen LogP contribution is 2.59. The van der Waals surface area contributed by atoms with Gasteiger partial charge >= 0.3 is 0 Å². The van der Waals surface area contributed by atoms with Crippen LogP contribution in [0.25, 0.3) is 0 Å². The average Bonchev–Trinajstić information content (AvgIpc) is 2.56. The van der Waals surface area contributed by atoms with Crippen LogP contribution in [-0.4, -0.2) is 0 Å². The average molecular weight is 208 g/mol. The van der Waals surface area contributed by atoms with Gasteiger partial charge in [0.1, 0.15) is 0 Å². The van der Waals surface area contributed by atoms with Gasteiger partial charge in [-0.1, -0.05) is 47.0 Å². The summed E-state index contributed by atoms with van der Waals surface area (Å²) in [5.74, 6) is 4.02. The monoisotopic (exact) mass is 208 g/mol. The second kappa shape index (κ2) is 4.11. The van der Waals surface area contributed by atoms with Crippen LogP contribution in [-0.2, 0) is 0 Å². The molecule has 0 amide bonds. The highest BCUT2D eigenvalue weighted by Gasteiger charge is 2.50. The van der Waals surface area contributed by atoms with Crippen LogP contribution >= 0.6 is 0 Å². The number of hydrogen-bond donors (Lipinski definition) is 0. The van der Waals surface area contributed by atoms with Crippen molar-refractivity contribution in [2.24, 2.45) is 29.1 Å². The highest BCUT2D eigenvalue weighted by atomic mass is 14.6. The molecule has 0 heterocycles. The molecule has 0 bridgehead atoms. The summed E-state index contributed by atoms with van der Waals surface area (Å²) in [7, 11) is 0. The normalized spacial score (nSPS) is 47.6. The van der Waals surface area contributed by atoms with Crippen molar-refractivity contribution in [2.45, 2.75) is 66.2 Å². The van der Waals surface area contributed by atoms with E-state index in [4.69, 9.17) is 0 Å². The van der Waals surface area contributed by atoms with Gasteiger partial charge in [0, 0.05) is 0 Å². The zero-order valence-corrected chi connectivity index (χ0v) is 11.1. The molecular weight excluding hydrogens is 180 g/mol. The molecule has 0 N–H and O–H groups in total. The molecule has 2 rings (SSSR count). The summed E-state index contributed by atoms with van der Waals surface area (Å²) < 4.78 is 0. The third-order valence-electron chi connectivity index (χ3n) is 5.88. The number of fused-ring (bicyclic) bond motifs is 1. The molecule has 88 valence electrons. The van der Waals surface area contributed by atoms with Crippen LogP contribution in [0.4, 0.5) is 0 Å². The molecule has 2 aliphatic rings. The maximum Gasteiger partial charge on any atom is -0.0264 e. The molecule has 0 heteroatoms. The summed E-state index contributed by atoms with van der Waals surface area (Å²) in [5.41, 5.74) is 0.701. The lowest BCUT2D eigenvalue weighted by atomic mass is 9.59. The van der Waals surface area contributed by atoms with Gasteiger partial charge < -0.3 is 0 Å². The van der Waals surface area contributed by atoms with Gasteiger partial charge in [-0.2, -0.15) is 0 Å². The Morgan fingerprint density at radius 2 is 2.00 bits per heavy atom. The van der Waals surface area contributed by atoms with Gasteiger partial charge in [0.15, 0.2) is 0 Å². The second-order valence-electron chi connectivity index (χ2n) is 6.55. The fourth-order valence-electron chi connectivity index (χ4n) is 4.82. The van der Waals surface area contributed by atoms with Crippen molar-refractivity contribution in [3.63, 3.8) is 0 Å².